The van der Waals surface area contributed by atoms with E-state index >= 15 is 0 Å². The highest BCUT2D eigenvalue weighted by molar-refractivity contribution is 6.07. The monoisotopic (exact) mass is 380 g/mol. The van der Waals surface area contributed by atoms with Gasteiger partial charge in [-0.05, 0) is 50.2 Å². The molecule has 6 nitrogen and oxygen atoms in total. The molecule has 0 saturated carbocycles. The number of rotatable bonds is 4. The minimum Gasteiger partial charge on any atom is -0.350 e. The fourth-order valence-electron chi connectivity index (χ4n) is 4.25. The number of fused-ring (bicyclic) bond motifs is 2. The lowest BCUT2D eigenvalue weighted by molar-refractivity contribution is 0.0943. The first-order valence-corrected chi connectivity index (χ1v) is 10.3. The number of anilines is 1. The molecule has 2 aliphatic heterocycles. The number of hydrogen-bond acceptors (Lipinski definition) is 3. The van der Waals surface area contributed by atoms with Crippen LogP contribution in [-0.2, 0) is 19.4 Å². The van der Waals surface area contributed by atoms with Crippen molar-refractivity contribution in [2.75, 3.05) is 11.4 Å². The van der Waals surface area contributed by atoms with Gasteiger partial charge in [0.05, 0.1) is 5.69 Å². The number of imidazole rings is 1. The standard InChI is InChI=1S/C22H28N4O2/c1-14(2)13-23-21(27)19-18-10-6-7-11-25(18)20(24-19)22(28)26-15(3)12-16-8-4-5-9-17(16)26/h4-5,8-9,14-15H,6-7,10-13H2,1-3H3,(H,23,27). The zero-order chi connectivity index (χ0) is 19.8. The lowest BCUT2D eigenvalue weighted by Gasteiger charge is -2.24. The van der Waals surface area contributed by atoms with Crippen LogP contribution in [0.1, 0.15) is 66.0 Å². The zero-order valence-electron chi connectivity index (χ0n) is 16.9. The summed E-state index contributed by atoms with van der Waals surface area (Å²) in [6.07, 6.45) is 3.66. The first kappa shape index (κ1) is 18.7. The van der Waals surface area contributed by atoms with E-state index < -0.39 is 0 Å². The molecule has 6 heteroatoms. The molecule has 0 bridgehead atoms. The molecule has 0 radical (unpaired) electrons. The molecular formula is C22H28N4O2. The SMILES string of the molecule is CC(C)CNC(=O)c1nc(C(=O)N2c3ccccc3CC2C)n2c1CCCC2. The Morgan fingerprint density at radius 3 is 2.82 bits per heavy atom. The summed E-state index contributed by atoms with van der Waals surface area (Å²) >= 11 is 0. The van der Waals surface area contributed by atoms with Gasteiger partial charge in [-0.2, -0.15) is 0 Å². The minimum absolute atomic E-state index is 0.0830. The number of carbonyl (C=O) groups excluding carboxylic acids is 2. The van der Waals surface area contributed by atoms with Gasteiger partial charge in [-0.25, -0.2) is 4.98 Å². The normalized spacial score (nSPS) is 18.1. The molecule has 1 unspecified atom stereocenters. The Balaban J connectivity index is 1.70. The average Bonchev–Trinajstić information content (AvgIpc) is 3.23. The predicted octanol–water partition coefficient (Wildman–Crippen LogP) is 3.20. The van der Waals surface area contributed by atoms with Gasteiger partial charge in [0.2, 0.25) is 5.82 Å². The molecule has 0 spiro atoms. The van der Waals surface area contributed by atoms with Crippen molar-refractivity contribution in [1.29, 1.82) is 0 Å². The fraction of sp³-hybridized carbons (Fsp3) is 0.500. The second-order valence-corrected chi connectivity index (χ2v) is 8.30. The molecule has 2 amide bonds. The molecule has 2 aliphatic rings. The smallest absolute Gasteiger partial charge is 0.294 e. The Morgan fingerprint density at radius 2 is 2.04 bits per heavy atom. The Hall–Kier alpha value is -2.63. The second-order valence-electron chi connectivity index (χ2n) is 8.30. The lowest BCUT2D eigenvalue weighted by atomic mass is 10.1. The third-order valence-corrected chi connectivity index (χ3v) is 5.62. The molecule has 3 heterocycles. The zero-order valence-corrected chi connectivity index (χ0v) is 16.9. The van der Waals surface area contributed by atoms with Crippen molar-refractivity contribution in [3.05, 3.63) is 47.0 Å². The van der Waals surface area contributed by atoms with Crippen molar-refractivity contribution in [1.82, 2.24) is 14.9 Å². The molecule has 1 aromatic carbocycles. The van der Waals surface area contributed by atoms with Crippen LogP contribution in [-0.4, -0.2) is 34.0 Å². The van der Waals surface area contributed by atoms with Gasteiger partial charge in [0.15, 0.2) is 0 Å². The maximum absolute atomic E-state index is 13.5. The number of aromatic nitrogens is 2. The fourth-order valence-corrected chi connectivity index (χ4v) is 4.25. The molecule has 28 heavy (non-hydrogen) atoms. The first-order chi connectivity index (χ1) is 13.5. The van der Waals surface area contributed by atoms with Crippen molar-refractivity contribution < 1.29 is 9.59 Å². The number of amides is 2. The summed E-state index contributed by atoms with van der Waals surface area (Å²) < 4.78 is 1.98. The number of benzene rings is 1. The largest absolute Gasteiger partial charge is 0.350 e. The summed E-state index contributed by atoms with van der Waals surface area (Å²) in [5.41, 5.74) is 3.46. The van der Waals surface area contributed by atoms with Crippen molar-refractivity contribution >= 4 is 17.5 Å². The Morgan fingerprint density at radius 1 is 1.25 bits per heavy atom. The average molecular weight is 380 g/mol. The Bertz CT molecular complexity index is 915. The third kappa shape index (κ3) is 3.21. The van der Waals surface area contributed by atoms with Crippen LogP contribution in [0.5, 0.6) is 0 Å². The summed E-state index contributed by atoms with van der Waals surface area (Å²) in [4.78, 5) is 32.7. The van der Waals surface area contributed by atoms with Crippen molar-refractivity contribution in [2.45, 2.75) is 59.0 Å². The number of para-hydroxylation sites is 1. The number of carbonyl (C=O) groups is 2. The van der Waals surface area contributed by atoms with Crippen molar-refractivity contribution in [3.8, 4) is 0 Å². The molecule has 148 valence electrons. The van der Waals surface area contributed by atoms with Crippen LogP contribution in [0.25, 0.3) is 0 Å². The quantitative estimate of drug-likeness (QED) is 0.886. The van der Waals surface area contributed by atoms with E-state index in [0.717, 1.165) is 43.6 Å². The van der Waals surface area contributed by atoms with E-state index in [4.69, 9.17) is 0 Å². The lowest BCUT2D eigenvalue weighted by Crippen LogP contribution is -2.37. The van der Waals surface area contributed by atoms with Crippen LogP contribution < -0.4 is 10.2 Å². The Labute approximate surface area is 165 Å². The van der Waals surface area contributed by atoms with Crippen LogP contribution in [0.2, 0.25) is 0 Å². The summed E-state index contributed by atoms with van der Waals surface area (Å²) in [6, 6.07) is 8.12. The van der Waals surface area contributed by atoms with E-state index in [9.17, 15) is 9.59 Å². The molecule has 1 N–H and O–H groups in total. The maximum Gasteiger partial charge on any atom is 0.294 e. The molecule has 1 aromatic heterocycles. The highest BCUT2D eigenvalue weighted by atomic mass is 16.2. The van der Waals surface area contributed by atoms with Crippen LogP contribution in [0.15, 0.2) is 24.3 Å². The summed E-state index contributed by atoms with van der Waals surface area (Å²) in [5.74, 6) is 0.482. The van der Waals surface area contributed by atoms with Crippen LogP contribution in [0.4, 0.5) is 5.69 Å². The van der Waals surface area contributed by atoms with Gasteiger partial charge in [0, 0.05) is 24.8 Å². The molecular weight excluding hydrogens is 352 g/mol. The number of nitrogens with zero attached hydrogens (tertiary/aromatic N) is 3. The first-order valence-electron chi connectivity index (χ1n) is 10.3. The highest BCUT2D eigenvalue weighted by Gasteiger charge is 2.36. The topological polar surface area (TPSA) is 67.2 Å². The number of hydrogen-bond donors (Lipinski definition) is 1. The summed E-state index contributed by atoms with van der Waals surface area (Å²) in [6.45, 7) is 7.53. The van der Waals surface area contributed by atoms with E-state index in [1.165, 1.54) is 5.56 Å². The van der Waals surface area contributed by atoms with Gasteiger partial charge >= 0.3 is 0 Å². The van der Waals surface area contributed by atoms with Gasteiger partial charge in [-0.15, -0.1) is 0 Å². The van der Waals surface area contributed by atoms with Gasteiger partial charge < -0.3 is 14.8 Å². The highest BCUT2D eigenvalue weighted by Crippen LogP contribution is 2.33. The predicted molar refractivity (Wildman–Crippen MR) is 109 cm³/mol. The van der Waals surface area contributed by atoms with E-state index in [1.807, 2.05) is 27.7 Å². The van der Waals surface area contributed by atoms with E-state index in [-0.39, 0.29) is 17.9 Å². The van der Waals surface area contributed by atoms with E-state index in [1.54, 1.807) is 0 Å². The molecule has 1 atom stereocenters. The van der Waals surface area contributed by atoms with E-state index in [0.29, 0.717) is 24.0 Å². The Kier molecular flexibility index (Phi) is 4.96. The van der Waals surface area contributed by atoms with Crippen molar-refractivity contribution in [3.63, 3.8) is 0 Å². The molecule has 2 aromatic rings. The molecule has 0 fully saturated rings. The summed E-state index contributed by atoms with van der Waals surface area (Å²) in [5, 5.41) is 2.96. The van der Waals surface area contributed by atoms with Gasteiger partial charge in [0.25, 0.3) is 11.8 Å². The van der Waals surface area contributed by atoms with Crippen LogP contribution in [0, 0.1) is 5.92 Å². The third-order valence-electron chi connectivity index (χ3n) is 5.62. The second kappa shape index (κ2) is 7.41. The van der Waals surface area contributed by atoms with Gasteiger partial charge in [-0.3, -0.25) is 9.59 Å². The van der Waals surface area contributed by atoms with Gasteiger partial charge in [-0.1, -0.05) is 32.0 Å². The van der Waals surface area contributed by atoms with Crippen molar-refractivity contribution in [2.24, 2.45) is 5.92 Å². The minimum atomic E-state index is -0.173. The number of nitrogens with one attached hydrogen (secondary N) is 1. The van der Waals surface area contributed by atoms with Crippen LogP contribution in [0.3, 0.4) is 0 Å². The maximum atomic E-state index is 13.5. The molecule has 0 saturated heterocycles. The molecule has 0 aliphatic carbocycles. The van der Waals surface area contributed by atoms with E-state index in [2.05, 4.69) is 37.1 Å². The molecule has 4 rings (SSSR count). The van der Waals surface area contributed by atoms with Crippen LogP contribution >= 0.6 is 0 Å². The van der Waals surface area contributed by atoms with Gasteiger partial charge in [0.1, 0.15) is 5.69 Å². The summed E-state index contributed by atoms with van der Waals surface area (Å²) in [7, 11) is 0.